The van der Waals surface area contributed by atoms with Crippen LogP contribution in [0.1, 0.15) is 38.6 Å². The van der Waals surface area contributed by atoms with E-state index in [4.69, 9.17) is 10.1 Å². The molecule has 1 aromatic heterocycles. The van der Waals surface area contributed by atoms with E-state index in [9.17, 15) is 23.1 Å². The minimum atomic E-state index is -4.68. The van der Waals surface area contributed by atoms with Crippen molar-refractivity contribution in [1.29, 1.82) is 5.41 Å². The molecule has 0 spiro atoms. The summed E-state index contributed by atoms with van der Waals surface area (Å²) in [6, 6.07) is 0.645. The second kappa shape index (κ2) is 8.93. The van der Waals surface area contributed by atoms with Crippen molar-refractivity contribution in [1.82, 2.24) is 20.2 Å². The molecule has 2 aliphatic heterocycles. The number of allylic oxidation sites excluding steroid dienone is 1. The number of rotatable bonds is 5. The van der Waals surface area contributed by atoms with Crippen LogP contribution >= 0.6 is 0 Å². The van der Waals surface area contributed by atoms with E-state index in [2.05, 4.69) is 15.3 Å². The molecule has 0 saturated carbocycles. The van der Waals surface area contributed by atoms with Crippen molar-refractivity contribution in [3.8, 4) is 0 Å². The minimum Gasteiger partial charge on any atom is -0.444 e. The Bertz CT molecular complexity index is 894. The average Bonchev–Trinajstić information content (AvgIpc) is 3.13. The topological polar surface area (TPSA) is 115 Å². The molecule has 3 heterocycles. The first-order valence-corrected chi connectivity index (χ1v) is 10.2. The van der Waals surface area contributed by atoms with Gasteiger partial charge in [-0.2, -0.15) is 13.2 Å². The lowest BCUT2D eigenvalue weighted by molar-refractivity contribution is -0.141. The van der Waals surface area contributed by atoms with E-state index < -0.39 is 29.7 Å². The molecule has 176 valence electrons. The van der Waals surface area contributed by atoms with E-state index in [-0.39, 0.29) is 36.3 Å². The minimum absolute atomic E-state index is 0.0618. The van der Waals surface area contributed by atoms with Crippen molar-refractivity contribution >= 4 is 23.8 Å². The molecule has 0 aromatic carbocycles. The highest BCUT2D eigenvalue weighted by atomic mass is 19.4. The Kier molecular flexibility index (Phi) is 6.63. The Labute approximate surface area is 183 Å². The number of alkyl halides is 3. The zero-order valence-electron chi connectivity index (χ0n) is 18.1. The maximum atomic E-state index is 13.3. The Morgan fingerprint density at radius 1 is 1.28 bits per heavy atom. The fourth-order valence-electron chi connectivity index (χ4n) is 3.27. The molecule has 2 aliphatic rings. The Morgan fingerprint density at radius 3 is 2.53 bits per heavy atom. The monoisotopic (exact) mass is 456 g/mol. The highest BCUT2D eigenvalue weighted by molar-refractivity contribution is 6.07. The van der Waals surface area contributed by atoms with Gasteiger partial charge in [-0.15, -0.1) is 0 Å². The smallest absolute Gasteiger partial charge is 0.433 e. The Morgan fingerprint density at radius 2 is 1.97 bits per heavy atom. The Balaban J connectivity index is 1.74. The number of aromatic nitrogens is 2. The predicted molar refractivity (Wildman–Crippen MR) is 111 cm³/mol. The lowest BCUT2D eigenvalue weighted by Gasteiger charge is -2.36. The maximum absolute atomic E-state index is 13.3. The highest BCUT2D eigenvalue weighted by Gasteiger charge is 2.36. The normalized spacial score (nSPS) is 20.2. The van der Waals surface area contributed by atoms with Crippen LogP contribution in [0, 0.1) is 5.41 Å². The number of anilines is 1. The number of nitrogens with zero attached hydrogens (tertiary/aromatic N) is 4. The molecule has 2 saturated heterocycles. The summed E-state index contributed by atoms with van der Waals surface area (Å²) in [5.74, 6) is -0.148. The third-order valence-corrected chi connectivity index (χ3v) is 4.92. The number of β-amino-alcohol motifs (C(OH)–C–C–N with tert-alkyl or cyclic N) is 1. The lowest BCUT2D eigenvalue weighted by Crippen LogP contribution is -2.51. The first kappa shape index (κ1) is 23.8. The van der Waals surface area contributed by atoms with Crippen molar-refractivity contribution in [3.63, 3.8) is 0 Å². The van der Waals surface area contributed by atoms with Crippen molar-refractivity contribution in [3.05, 3.63) is 23.7 Å². The number of likely N-dealkylation sites (tertiary alicyclic amines) is 1. The second-order valence-corrected chi connectivity index (χ2v) is 8.82. The van der Waals surface area contributed by atoms with Crippen LogP contribution in [-0.2, 0) is 10.9 Å². The van der Waals surface area contributed by atoms with Gasteiger partial charge in [0, 0.05) is 50.2 Å². The number of hydrogen-bond donors (Lipinski definition) is 3. The third-order valence-electron chi connectivity index (χ3n) is 4.92. The summed E-state index contributed by atoms with van der Waals surface area (Å²) in [5, 5.41) is 20.2. The molecule has 3 N–H and O–H groups in total. The van der Waals surface area contributed by atoms with Gasteiger partial charge >= 0.3 is 12.3 Å². The first-order valence-electron chi connectivity index (χ1n) is 10.2. The van der Waals surface area contributed by atoms with Crippen LogP contribution in [0.4, 0.5) is 23.9 Å². The summed E-state index contributed by atoms with van der Waals surface area (Å²) in [6.45, 7) is 6.47. The fraction of sp³-hybridized carbons (Fsp3) is 0.600. The van der Waals surface area contributed by atoms with Gasteiger partial charge in [0.25, 0.3) is 0 Å². The first-order chi connectivity index (χ1) is 14.9. The number of ether oxygens (including phenoxy) is 1. The molecule has 0 radical (unpaired) electrons. The molecule has 1 amide bonds. The number of halogens is 3. The summed E-state index contributed by atoms with van der Waals surface area (Å²) in [5.41, 5.74) is -1.66. The van der Waals surface area contributed by atoms with Gasteiger partial charge < -0.3 is 30.4 Å². The van der Waals surface area contributed by atoms with Crippen LogP contribution in [0.15, 0.2) is 12.3 Å². The molecule has 1 aromatic rings. The molecule has 1 atom stereocenters. The number of nitrogens with one attached hydrogen (secondary N) is 2. The van der Waals surface area contributed by atoms with Crippen molar-refractivity contribution in [2.75, 3.05) is 31.1 Å². The molecule has 1 unspecified atom stereocenters. The number of carbonyl (C=O) groups is 1. The van der Waals surface area contributed by atoms with Crippen LogP contribution in [0.2, 0.25) is 0 Å². The summed E-state index contributed by atoms with van der Waals surface area (Å²) in [4.78, 5) is 22.9. The SMILES string of the molecule is CC(C)(C)OC(=O)N1CCC(N/C=C(\C=N)c2cc(C(F)(F)F)nc(N3CC(O)C3)n2)C1. The number of aliphatic hydroxyl groups excluding tert-OH is 1. The van der Waals surface area contributed by atoms with Gasteiger partial charge in [-0.1, -0.05) is 0 Å². The van der Waals surface area contributed by atoms with Gasteiger partial charge in [-0.3, -0.25) is 0 Å². The van der Waals surface area contributed by atoms with Gasteiger partial charge in [0.05, 0.1) is 11.8 Å². The molecule has 0 bridgehead atoms. The molecular weight excluding hydrogens is 429 g/mol. The summed E-state index contributed by atoms with van der Waals surface area (Å²) >= 11 is 0. The number of carbonyl (C=O) groups excluding carboxylic acids is 1. The number of aliphatic hydroxyl groups is 1. The molecule has 2 fully saturated rings. The zero-order valence-corrected chi connectivity index (χ0v) is 18.1. The summed E-state index contributed by atoms with van der Waals surface area (Å²) in [6.07, 6.45) is -2.79. The third kappa shape index (κ3) is 5.87. The molecule has 3 rings (SSSR count). The van der Waals surface area contributed by atoms with Crippen LogP contribution in [0.3, 0.4) is 0 Å². The quantitative estimate of drug-likeness (QED) is 0.583. The molecule has 12 heteroatoms. The Hall–Kier alpha value is -2.89. The van der Waals surface area contributed by atoms with Gasteiger partial charge in [-0.05, 0) is 33.3 Å². The molecule has 32 heavy (non-hydrogen) atoms. The molecule has 0 aliphatic carbocycles. The zero-order chi connectivity index (χ0) is 23.7. The lowest BCUT2D eigenvalue weighted by atomic mass is 10.1. The van der Waals surface area contributed by atoms with Gasteiger partial charge in [0.1, 0.15) is 5.60 Å². The van der Waals surface area contributed by atoms with E-state index in [0.29, 0.717) is 19.5 Å². The summed E-state index contributed by atoms with van der Waals surface area (Å²) < 4.78 is 45.4. The summed E-state index contributed by atoms with van der Waals surface area (Å²) in [7, 11) is 0. The van der Waals surface area contributed by atoms with E-state index in [0.717, 1.165) is 12.3 Å². The van der Waals surface area contributed by atoms with Crippen LogP contribution < -0.4 is 10.2 Å². The van der Waals surface area contributed by atoms with Gasteiger partial charge in [0.15, 0.2) is 5.69 Å². The molecular formula is C20H27F3N6O3. The maximum Gasteiger partial charge on any atom is 0.433 e. The van der Waals surface area contributed by atoms with E-state index in [1.54, 1.807) is 25.7 Å². The standard InChI is InChI=1S/C20H27F3N6O3/c1-19(2,3)32-18(31)28-5-4-13(9-28)25-8-12(7-24)15-6-16(20(21,22)23)27-17(26-15)29-10-14(30)11-29/h6-8,13-14,24-25,30H,4-5,9-11H2,1-3H3/b12-8+,24-7?. The van der Waals surface area contributed by atoms with Crippen LogP contribution in [-0.4, -0.2) is 76.2 Å². The number of hydrogen-bond acceptors (Lipinski definition) is 8. The van der Waals surface area contributed by atoms with Crippen molar-refractivity contribution in [2.45, 2.75) is 51.1 Å². The molecule has 9 nitrogen and oxygen atoms in total. The van der Waals surface area contributed by atoms with Crippen molar-refractivity contribution in [2.24, 2.45) is 0 Å². The van der Waals surface area contributed by atoms with E-state index in [1.807, 2.05) is 0 Å². The van der Waals surface area contributed by atoms with E-state index in [1.165, 1.54) is 11.1 Å². The second-order valence-electron chi connectivity index (χ2n) is 8.82. The van der Waals surface area contributed by atoms with E-state index >= 15 is 0 Å². The average molecular weight is 456 g/mol. The van der Waals surface area contributed by atoms with Crippen LogP contribution in [0.5, 0.6) is 0 Å². The van der Waals surface area contributed by atoms with Crippen LogP contribution in [0.25, 0.3) is 5.57 Å². The largest absolute Gasteiger partial charge is 0.444 e. The fourth-order valence-corrected chi connectivity index (χ4v) is 3.27. The van der Waals surface area contributed by atoms with Crippen molar-refractivity contribution < 1.29 is 27.8 Å². The highest BCUT2D eigenvalue weighted by Crippen LogP contribution is 2.31. The van der Waals surface area contributed by atoms with Gasteiger partial charge in [-0.25, -0.2) is 14.8 Å². The van der Waals surface area contributed by atoms with Gasteiger partial charge in [0.2, 0.25) is 5.95 Å². The predicted octanol–water partition coefficient (Wildman–Crippen LogP) is 2.27. The number of amides is 1.